The smallest absolute Gasteiger partial charge is 0.218 e. The molecule has 3 rings (SSSR count). The van der Waals surface area contributed by atoms with Crippen molar-refractivity contribution in [1.82, 2.24) is 14.5 Å². The molecular formula is C14H27N3O2S. The van der Waals surface area contributed by atoms with Crippen molar-refractivity contribution in [2.75, 3.05) is 32.7 Å². The lowest BCUT2D eigenvalue weighted by Crippen LogP contribution is -2.43. The van der Waals surface area contributed by atoms with E-state index in [1.807, 2.05) is 6.92 Å². The first-order chi connectivity index (χ1) is 9.57. The summed E-state index contributed by atoms with van der Waals surface area (Å²) in [7, 11) is -3.12. The molecule has 0 aromatic carbocycles. The lowest BCUT2D eigenvalue weighted by molar-refractivity contribution is 0.250. The van der Waals surface area contributed by atoms with Crippen LogP contribution in [0.4, 0.5) is 0 Å². The molecule has 1 N–H and O–H groups in total. The van der Waals surface area contributed by atoms with E-state index in [1.165, 1.54) is 25.7 Å². The zero-order valence-corrected chi connectivity index (χ0v) is 13.2. The average Bonchev–Trinajstić information content (AvgIpc) is 2.94. The molecule has 0 amide bonds. The molecule has 2 unspecified atom stereocenters. The summed E-state index contributed by atoms with van der Waals surface area (Å²) < 4.78 is 26.9. The lowest BCUT2D eigenvalue weighted by Gasteiger charge is -2.25. The van der Waals surface area contributed by atoms with E-state index in [2.05, 4.69) is 10.2 Å². The minimum absolute atomic E-state index is 0.305. The summed E-state index contributed by atoms with van der Waals surface area (Å²) in [6.45, 7) is 6.15. The van der Waals surface area contributed by atoms with Gasteiger partial charge < -0.3 is 5.32 Å². The van der Waals surface area contributed by atoms with Gasteiger partial charge in [0.1, 0.15) is 0 Å². The fourth-order valence-electron chi connectivity index (χ4n) is 3.33. The Labute approximate surface area is 122 Å². The van der Waals surface area contributed by atoms with Gasteiger partial charge in [0.05, 0.1) is 5.25 Å². The lowest BCUT2D eigenvalue weighted by atomic mass is 10.2. The third-order valence-electron chi connectivity index (χ3n) is 4.92. The van der Waals surface area contributed by atoms with Crippen LogP contribution in [-0.2, 0) is 10.0 Å². The Balaban J connectivity index is 1.54. The summed E-state index contributed by atoms with van der Waals surface area (Å²) >= 11 is 0. The second kappa shape index (κ2) is 5.91. The highest BCUT2D eigenvalue weighted by atomic mass is 32.2. The molecule has 0 radical (unpaired) electrons. The van der Waals surface area contributed by atoms with Crippen LogP contribution in [0.15, 0.2) is 0 Å². The van der Waals surface area contributed by atoms with Crippen LogP contribution in [-0.4, -0.2) is 67.7 Å². The van der Waals surface area contributed by atoms with Crippen LogP contribution in [0.25, 0.3) is 0 Å². The molecule has 0 bridgehead atoms. The summed E-state index contributed by atoms with van der Waals surface area (Å²) in [6.07, 6.45) is 5.94. The van der Waals surface area contributed by atoms with Crippen molar-refractivity contribution in [1.29, 1.82) is 0 Å². The molecule has 3 fully saturated rings. The Morgan fingerprint density at radius 2 is 1.85 bits per heavy atom. The van der Waals surface area contributed by atoms with Crippen LogP contribution in [0.3, 0.4) is 0 Å². The van der Waals surface area contributed by atoms with E-state index in [-0.39, 0.29) is 5.25 Å². The Morgan fingerprint density at radius 1 is 1.15 bits per heavy atom. The zero-order chi connectivity index (χ0) is 14.2. The molecule has 2 heterocycles. The summed E-state index contributed by atoms with van der Waals surface area (Å²) in [5, 5.41) is 3.03. The van der Waals surface area contributed by atoms with Crippen molar-refractivity contribution in [2.45, 2.75) is 56.4 Å². The van der Waals surface area contributed by atoms with Crippen molar-refractivity contribution >= 4 is 10.0 Å². The molecule has 1 saturated carbocycles. The van der Waals surface area contributed by atoms with Gasteiger partial charge in [-0.05, 0) is 52.1 Å². The summed E-state index contributed by atoms with van der Waals surface area (Å²) in [4.78, 5) is 2.47. The van der Waals surface area contributed by atoms with E-state index in [0.29, 0.717) is 31.7 Å². The number of sulfonamides is 1. The molecule has 2 aliphatic heterocycles. The predicted octanol–water partition coefficient (Wildman–Crippen LogP) is 0.627. The van der Waals surface area contributed by atoms with Crippen LogP contribution in [0, 0.1) is 0 Å². The van der Waals surface area contributed by atoms with Gasteiger partial charge in [-0.15, -0.1) is 0 Å². The first kappa shape index (κ1) is 14.8. The molecule has 20 heavy (non-hydrogen) atoms. The predicted molar refractivity (Wildman–Crippen MR) is 80.2 cm³/mol. The molecule has 1 aliphatic carbocycles. The maximum absolute atomic E-state index is 12.6. The molecule has 2 saturated heterocycles. The number of rotatable bonds is 6. The van der Waals surface area contributed by atoms with Gasteiger partial charge in [0.15, 0.2) is 0 Å². The molecule has 0 spiro atoms. The fraction of sp³-hybridized carbons (Fsp3) is 1.00. The Morgan fingerprint density at radius 3 is 2.50 bits per heavy atom. The number of nitrogens with zero attached hydrogens (tertiary/aromatic N) is 2. The molecule has 116 valence electrons. The molecule has 0 aromatic rings. The number of hydrogen-bond donors (Lipinski definition) is 1. The van der Waals surface area contributed by atoms with Crippen molar-refractivity contribution in [3.63, 3.8) is 0 Å². The highest BCUT2D eigenvalue weighted by Crippen LogP contribution is 2.24. The summed E-state index contributed by atoms with van der Waals surface area (Å²) in [5.41, 5.74) is 0. The van der Waals surface area contributed by atoms with Gasteiger partial charge >= 0.3 is 0 Å². The van der Waals surface area contributed by atoms with Gasteiger partial charge in [-0.25, -0.2) is 12.7 Å². The Hall–Kier alpha value is -0.170. The van der Waals surface area contributed by atoms with Gasteiger partial charge in [0.2, 0.25) is 10.0 Å². The van der Waals surface area contributed by atoms with E-state index in [0.717, 1.165) is 19.5 Å². The van der Waals surface area contributed by atoms with Gasteiger partial charge in [0, 0.05) is 31.7 Å². The molecule has 6 heteroatoms. The summed E-state index contributed by atoms with van der Waals surface area (Å²) in [5.74, 6) is 0. The van der Waals surface area contributed by atoms with Gasteiger partial charge in [-0.2, -0.15) is 0 Å². The summed E-state index contributed by atoms with van der Waals surface area (Å²) in [6, 6.07) is 1.03. The minimum Gasteiger partial charge on any atom is -0.313 e. The quantitative estimate of drug-likeness (QED) is 0.782. The maximum Gasteiger partial charge on any atom is 0.218 e. The van der Waals surface area contributed by atoms with E-state index >= 15 is 0 Å². The third kappa shape index (κ3) is 3.18. The maximum atomic E-state index is 12.6. The molecular weight excluding hydrogens is 274 g/mol. The molecule has 0 aromatic heterocycles. The topological polar surface area (TPSA) is 52.7 Å². The molecule has 2 atom stereocenters. The van der Waals surface area contributed by atoms with Gasteiger partial charge in [0.25, 0.3) is 0 Å². The van der Waals surface area contributed by atoms with Crippen LogP contribution >= 0.6 is 0 Å². The van der Waals surface area contributed by atoms with Gasteiger partial charge in [-0.3, -0.25) is 4.90 Å². The second-order valence-corrected chi connectivity index (χ2v) is 8.93. The van der Waals surface area contributed by atoms with Crippen molar-refractivity contribution in [3.05, 3.63) is 0 Å². The number of likely N-dealkylation sites (tertiary alicyclic amines) is 1. The molecule has 3 aliphatic rings. The van der Waals surface area contributed by atoms with E-state index in [4.69, 9.17) is 0 Å². The molecule has 5 nitrogen and oxygen atoms in total. The average molecular weight is 301 g/mol. The van der Waals surface area contributed by atoms with Crippen LogP contribution < -0.4 is 5.32 Å². The minimum atomic E-state index is -3.12. The second-order valence-electron chi connectivity index (χ2n) is 6.58. The highest BCUT2D eigenvalue weighted by molar-refractivity contribution is 7.89. The normalized spacial score (nSPS) is 30.9. The van der Waals surface area contributed by atoms with E-state index < -0.39 is 10.0 Å². The largest absolute Gasteiger partial charge is 0.313 e. The van der Waals surface area contributed by atoms with Crippen LogP contribution in [0.5, 0.6) is 0 Å². The Kier molecular flexibility index (Phi) is 4.36. The fourth-order valence-corrected chi connectivity index (χ4v) is 4.88. The van der Waals surface area contributed by atoms with Crippen molar-refractivity contribution in [2.24, 2.45) is 0 Å². The monoisotopic (exact) mass is 301 g/mol. The van der Waals surface area contributed by atoms with E-state index in [1.54, 1.807) is 4.31 Å². The van der Waals surface area contributed by atoms with Crippen molar-refractivity contribution in [3.8, 4) is 0 Å². The van der Waals surface area contributed by atoms with E-state index in [9.17, 15) is 8.42 Å². The first-order valence-electron chi connectivity index (χ1n) is 8.04. The SMILES string of the molecule is CC(CNC1CC1)S(=O)(=O)N1CCC(N2CCCC2)C1. The standard InChI is InChI=1S/C14H27N3O2S/c1-12(10-15-13-4-5-13)20(18,19)17-9-6-14(11-17)16-7-2-3-8-16/h12-15H,2-11H2,1H3. The van der Waals surface area contributed by atoms with Crippen molar-refractivity contribution < 1.29 is 8.42 Å². The van der Waals surface area contributed by atoms with Crippen LogP contribution in [0.1, 0.15) is 39.0 Å². The third-order valence-corrected chi connectivity index (χ3v) is 7.16. The highest BCUT2D eigenvalue weighted by Gasteiger charge is 2.37. The zero-order valence-electron chi connectivity index (χ0n) is 12.4. The Bertz CT molecular complexity index is 430. The number of hydrogen-bond acceptors (Lipinski definition) is 4. The number of nitrogens with one attached hydrogen (secondary N) is 1. The van der Waals surface area contributed by atoms with Crippen LogP contribution in [0.2, 0.25) is 0 Å². The van der Waals surface area contributed by atoms with Gasteiger partial charge in [-0.1, -0.05) is 0 Å². The first-order valence-corrected chi connectivity index (χ1v) is 9.54.